The van der Waals surface area contributed by atoms with Crippen molar-refractivity contribution in [2.45, 2.75) is 18.0 Å². The van der Waals surface area contributed by atoms with E-state index in [1.54, 1.807) is 42.5 Å². The Hall–Kier alpha value is -2.25. The minimum atomic E-state index is -1.03. The van der Waals surface area contributed by atoms with Crippen LogP contribution in [0.25, 0.3) is 0 Å². The Morgan fingerprint density at radius 2 is 1.78 bits per heavy atom. The number of nitro groups is 1. The average Bonchev–Trinajstić information content (AvgIpc) is 2.54. The zero-order valence-electron chi connectivity index (χ0n) is 12.9. The maximum Gasteiger partial charge on any atom is 0.292 e. The first-order chi connectivity index (χ1) is 10.9. The number of nitro benzene ring substituents is 1. The van der Waals surface area contributed by atoms with Crippen LogP contribution in [0.1, 0.15) is 11.1 Å². The van der Waals surface area contributed by atoms with E-state index in [1.165, 1.54) is 6.07 Å². The first-order valence-corrected chi connectivity index (χ1v) is 8.50. The Bertz CT molecular complexity index is 731. The molecule has 0 bridgehead atoms. The monoisotopic (exact) mass is 334 g/mol. The van der Waals surface area contributed by atoms with E-state index in [2.05, 4.69) is 0 Å². The van der Waals surface area contributed by atoms with Gasteiger partial charge >= 0.3 is 0 Å². The molecule has 0 aliphatic heterocycles. The van der Waals surface area contributed by atoms with Crippen LogP contribution in [0.2, 0.25) is 0 Å². The number of hydrogen-bond acceptors (Lipinski definition) is 5. The zero-order valence-corrected chi connectivity index (χ0v) is 13.7. The van der Waals surface area contributed by atoms with E-state index < -0.39 is 15.7 Å². The van der Waals surface area contributed by atoms with Crippen molar-refractivity contribution in [3.05, 3.63) is 63.7 Å². The third-order valence-corrected chi connectivity index (χ3v) is 4.44. The van der Waals surface area contributed by atoms with Crippen LogP contribution in [0.15, 0.2) is 47.4 Å². The fourth-order valence-corrected chi connectivity index (χ4v) is 2.79. The highest BCUT2D eigenvalue weighted by Gasteiger charge is 2.17. The van der Waals surface area contributed by atoms with Crippen molar-refractivity contribution in [3.63, 3.8) is 0 Å². The van der Waals surface area contributed by atoms with E-state index in [0.29, 0.717) is 17.8 Å². The first-order valence-electron chi connectivity index (χ1n) is 6.94. The summed E-state index contributed by atoms with van der Waals surface area (Å²) in [7, 11) is 0.729. The van der Waals surface area contributed by atoms with Crippen LogP contribution >= 0.6 is 0 Å². The van der Waals surface area contributed by atoms with Gasteiger partial charge in [0.25, 0.3) is 5.69 Å². The normalized spacial score (nSPS) is 12.0. The maximum absolute atomic E-state index is 11.4. The number of benzene rings is 2. The summed E-state index contributed by atoms with van der Waals surface area (Å²) in [4.78, 5) is 13.2. The Balaban J connectivity index is 2.27. The summed E-state index contributed by atoms with van der Waals surface area (Å²) in [6.45, 7) is 0.294. The molecule has 1 N–H and O–H groups in total. The second kappa shape index (κ2) is 7.34. The van der Waals surface area contributed by atoms with Crippen LogP contribution < -0.4 is 4.90 Å². The highest BCUT2D eigenvalue weighted by molar-refractivity contribution is 7.84. The number of anilines is 1. The van der Waals surface area contributed by atoms with E-state index >= 15 is 0 Å². The summed E-state index contributed by atoms with van der Waals surface area (Å²) in [6, 6.07) is 11.9. The van der Waals surface area contributed by atoms with Crippen molar-refractivity contribution in [1.82, 2.24) is 0 Å². The molecule has 1 unspecified atom stereocenters. The molecule has 2 aromatic carbocycles. The van der Waals surface area contributed by atoms with E-state index in [4.69, 9.17) is 0 Å². The van der Waals surface area contributed by atoms with Crippen LogP contribution in [0, 0.1) is 10.1 Å². The SMILES string of the molecule is CN(Cc1ccc(S(C)=O)cc1)c1cc(CO)ccc1[N+](=O)[O-]. The van der Waals surface area contributed by atoms with Crippen molar-refractivity contribution < 1.29 is 14.2 Å². The van der Waals surface area contributed by atoms with Gasteiger partial charge in [-0.25, -0.2) is 0 Å². The molecule has 0 aromatic heterocycles. The summed E-state index contributed by atoms with van der Waals surface area (Å²) in [6.07, 6.45) is 1.62. The number of rotatable bonds is 6. The molecule has 7 heteroatoms. The largest absolute Gasteiger partial charge is 0.392 e. The van der Waals surface area contributed by atoms with Gasteiger partial charge in [0.1, 0.15) is 5.69 Å². The molecule has 0 heterocycles. The van der Waals surface area contributed by atoms with Gasteiger partial charge in [-0.2, -0.15) is 0 Å². The van der Waals surface area contributed by atoms with Gasteiger partial charge in [-0.05, 0) is 35.4 Å². The molecule has 0 spiro atoms. The second-order valence-corrected chi connectivity index (χ2v) is 6.57. The summed E-state index contributed by atoms with van der Waals surface area (Å²) >= 11 is 0. The lowest BCUT2D eigenvalue weighted by atomic mass is 10.1. The predicted molar refractivity (Wildman–Crippen MR) is 89.9 cm³/mol. The number of hydrogen-bond donors (Lipinski definition) is 1. The lowest BCUT2D eigenvalue weighted by molar-refractivity contribution is -0.384. The average molecular weight is 334 g/mol. The summed E-state index contributed by atoms with van der Waals surface area (Å²) in [5, 5.41) is 20.4. The van der Waals surface area contributed by atoms with Crippen molar-refractivity contribution in [2.24, 2.45) is 0 Å². The molecule has 0 aliphatic carbocycles. The van der Waals surface area contributed by atoms with Crippen molar-refractivity contribution in [2.75, 3.05) is 18.2 Å². The van der Waals surface area contributed by atoms with Gasteiger partial charge in [0.05, 0.1) is 11.5 Å². The Labute approximate surface area is 137 Å². The molecule has 0 radical (unpaired) electrons. The molecule has 23 heavy (non-hydrogen) atoms. The van der Waals surface area contributed by atoms with Crippen LogP contribution in [-0.4, -0.2) is 27.5 Å². The molecule has 0 amide bonds. The molecule has 6 nitrogen and oxygen atoms in total. The van der Waals surface area contributed by atoms with Crippen molar-refractivity contribution in [3.8, 4) is 0 Å². The molecular formula is C16H18N2O4S. The smallest absolute Gasteiger partial charge is 0.292 e. The molecule has 0 saturated heterocycles. The van der Waals surface area contributed by atoms with E-state index in [0.717, 1.165) is 10.5 Å². The van der Waals surface area contributed by atoms with Crippen LogP contribution in [0.4, 0.5) is 11.4 Å². The first kappa shape index (κ1) is 17.1. The minimum Gasteiger partial charge on any atom is -0.392 e. The third kappa shape index (κ3) is 4.14. The lowest BCUT2D eigenvalue weighted by Gasteiger charge is -2.20. The van der Waals surface area contributed by atoms with E-state index in [-0.39, 0.29) is 12.3 Å². The fraction of sp³-hybridized carbons (Fsp3) is 0.250. The molecular weight excluding hydrogens is 316 g/mol. The van der Waals surface area contributed by atoms with Gasteiger partial charge in [0.15, 0.2) is 0 Å². The van der Waals surface area contributed by atoms with Crippen LogP contribution in [-0.2, 0) is 24.0 Å². The minimum absolute atomic E-state index is 0.00372. The van der Waals surface area contributed by atoms with Crippen LogP contribution in [0.3, 0.4) is 0 Å². The molecule has 0 fully saturated rings. The highest BCUT2D eigenvalue weighted by Crippen LogP contribution is 2.29. The summed E-state index contributed by atoms with van der Waals surface area (Å²) < 4.78 is 11.4. The summed E-state index contributed by atoms with van der Waals surface area (Å²) in [5.41, 5.74) is 2.01. The van der Waals surface area contributed by atoms with E-state index in [9.17, 15) is 19.4 Å². The zero-order chi connectivity index (χ0) is 17.0. The van der Waals surface area contributed by atoms with Crippen LogP contribution in [0.5, 0.6) is 0 Å². The standard InChI is InChI=1S/C16H18N2O4S/c1-17(10-12-3-6-14(7-4-12)23(2)22)16-9-13(11-19)5-8-15(16)18(20)21/h3-9,19H,10-11H2,1-2H3. The molecule has 122 valence electrons. The van der Waals surface area contributed by atoms with Gasteiger partial charge in [0, 0.05) is 41.6 Å². The lowest BCUT2D eigenvalue weighted by Crippen LogP contribution is -2.18. The Morgan fingerprint density at radius 3 is 2.30 bits per heavy atom. The maximum atomic E-state index is 11.4. The summed E-state index contributed by atoms with van der Waals surface area (Å²) in [5.74, 6) is 0. The molecule has 1 atom stereocenters. The third-order valence-electron chi connectivity index (χ3n) is 3.51. The quantitative estimate of drug-likeness (QED) is 0.648. The molecule has 0 aliphatic rings. The number of aliphatic hydroxyl groups is 1. The fourth-order valence-electron chi connectivity index (χ4n) is 2.27. The van der Waals surface area contributed by atoms with Gasteiger partial charge in [0.2, 0.25) is 0 Å². The topological polar surface area (TPSA) is 83.7 Å². The van der Waals surface area contributed by atoms with Gasteiger partial charge in [-0.15, -0.1) is 0 Å². The van der Waals surface area contributed by atoms with Crippen molar-refractivity contribution >= 4 is 22.2 Å². The highest BCUT2D eigenvalue weighted by atomic mass is 32.2. The Morgan fingerprint density at radius 1 is 1.17 bits per heavy atom. The van der Waals surface area contributed by atoms with Gasteiger partial charge in [-0.1, -0.05) is 12.1 Å². The Kier molecular flexibility index (Phi) is 5.46. The van der Waals surface area contributed by atoms with E-state index in [1.807, 2.05) is 12.1 Å². The van der Waals surface area contributed by atoms with Crippen molar-refractivity contribution in [1.29, 1.82) is 0 Å². The molecule has 2 rings (SSSR count). The van der Waals surface area contributed by atoms with Gasteiger partial charge in [-0.3, -0.25) is 14.3 Å². The predicted octanol–water partition coefficient (Wildman–Crippen LogP) is 2.46. The number of nitrogens with zero attached hydrogens (tertiary/aromatic N) is 2. The van der Waals surface area contributed by atoms with Gasteiger partial charge < -0.3 is 10.0 Å². The molecule has 0 saturated carbocycles. The number of aliphatic hydroxyl groups excluding tert-OH is 1. The second-order valence-electron chi connectivity index (χ2n) is 5.19. The molecule has 2 aromatic rings.